The average molecular weight is 506 g/mol. The van der Waals surface area contributed by atoms with Gasteiger partial charge < -0.3 is 19.7 Å². The molecule has 0 spiro atoms. The molecule has 1 saturated heterocycles. The fourth-order valence-corrected chi connectivity index (χ4v) is 5.59. The van der Waals surface area contributed by atoms with Crippen LogP contribution in [0.25, 0.3) is 0 Å². The lowest BCUT2D eigenvalue weighted by atomic mass is 10.0. The van der Waals surface area contributed by atoms with Crippen LogP contribution < -0.4 is 19.7 Å². The van der Waals surface area contributed by atoms with Gasteiger partial charge in [-0.3, -0.25) is 19.2 Å². The van der Waals surface area contributed by atoms with E-state index in [1.165, 1.54) is 6.92 Å². The standard InChI is InChI=1S/C28H31N3O6/c1-16(32)29-18-7-9-19(10-8-18)31-23(33)13-20(25(31)34)30(26(35)24-27(2,3)28(24,4)5)14-17-6-11-21-22(12-17)37-15-36-21/h6-12,20,24H,13-15H2,1-5H3,(H,29,32). The highest BCUT2D eigenvalue weighted by atomic mass is 16.7. The summed E-state index contributed by atoms with van der Waals surface area (Å²) in [5.74, 6) is -0.226. The molecule has 1 saturated carbocycles. The van der Waals surface area contributed by atoms with Crippen LogP contribution in [-0.4, -0.2) is 41.4 Å². The number of ether oxygens (including phenoxy) is 2. The van der Waals surface area contributed by atoms with Gasteiger partial charge in [0.25, 0.3) is 5.91 Å². The van der Waals surface area contributed by atoms with Crippen molar-refractivity contribution in [2.75, 3.05) is 17.0 Å². The Morgan fingerprint density at radius 2 is 1.65 bits per heavy atom. The molecule has 1 N–H and O–H groups in total. The highest BCUT2D eigenvalue weighted by Crippen LogP contribution is 2.69. The lowest BCUT2D eigenvalue weighted by molar-refractivity contribution is -0.141. The van der Waals surface area contributed by atoms with Crippen LogP contribution in [0.3, 0.4) is 0 Å². The van der Waals surface area contributed by atoms with Crippen molar-refractivity contribution in [3.05, 3.63) is 48.0 Å². The highest BCUT2D eigenvalue weighted by Gasteiger charge is 2.69. The van der Waals surface area contributed by atoms with Crippen LogP contribution in [0.15, 0.2) is 42.5 Å². The molecule has 0 bridgehead atoms. The monoisotopic (exact) mass is 505 g/mol. The molecule has 1 unspecified atom stereocenters. The number of benzene rings is 2. The predicted octanol–water partition coefficient (Wildman–Crippen LogP) is 3.72. The van der Waals surface area contributed by atoms with E-state index in [0.717, 1.165) is 10.5 Å². The number of anilines is 2. The zero-order valence-electron chi connectivity index (χ0n) is 21.7. The van der Waals surface area contributed by atoms with Gasteiger partial charge in [-0.2, -0.15) is 0 Å². The first-order valence-electron chi connectivity index (χ1n) is 12.4. The smallest absolute Gasteiger partial charge is 0.257 e. The number of carbonyl (C=O) groups is 4. The Kier molecular flexibility index (Phi) is 5.77. The molecule has 2 aromatic carbocycles. The van der Waals surface area contributed by atoms with Crippen molar-refractivity contribution in [2.45, 2.75) is 53.6 Å². The molecule has 1 atom stereocenters. The molecule has 0 radical (unpaired) electrons. The van der Waals surface area contributed by atoms with E-state index >= 15 is 0 Å². The van der Waals surface area contributed by atoms with Gasteiger partial charge in [-0.15, -0.1) is 0 Å². The van der Waals surface area contributed by atoms with E-state index < -0.39 is 11.9 Å². The van der Waals surface area contributed by atoms with E-state index in [4.69, 9.17) is 9.47 Å². The van der Waals surface area contributed by atoms with Gasteiger partial charge >= 0.3 is 0 Å². The van der Waals surface area contributed by atoms with Crippen molar-refractivity contribution >= 4 is 35.0 Å². The van der Waals surface area contributed by atoms with Crippen molar-refractivity contribution in [3.63, 3.8) is 0 Å². The second kappa shape index (κ2) is 8.61. The average Bonchev–Trinajstić information content (AvgIpc) is 3.19. The zero-order chi connectivity index (χ0) is 26.7. The number of hydrogen-bond donors (Lipinski definition) is 1. The van der Waals surface area contributed by atoms with Gasteiger partial charge in [0.05, 0.1) is 12.1 Å². The van der Waals surface area contributed by atoms with Crippen LogP contribution >= 0.6 is 0 Å². The summed E-state index contributed by atoms with van der Waals surface area (Å²) in [6.45, 7) is 9.92. The third-order valence-electron chi connectivity index (χ3n) is 8.29. The molecule has 2 fully saturated rings. The molecular formula is C28H31N3O6. The molecule has 9 heteroatoms. The van der Waals surface area contributed by atoms with Gasteiger partial charge in [0.15, 0.2) is 11.5 Å². The maximum Gasteiger partial charge on any atom is 0.257 e. The molecule has 4 amide bonds. The third kappa shape index (κ3) is 4.12. The number of nitrogens with zero attached hydrogens (tertiary/aromatic N) is 2. The zero-order valence-corrected chi connectivity index (χ0v) is 21.7. The molecule has 1 aliphatic carbocycles. The summed E-state index contributed by atoms with van der Waals surface area (Å²) in [5.41, 5.74) is 1.27. The summed E-state index contributed by atoms with van der Waals surface area (Å²) in [6.07, 6.45) is -0.101. The van der Waals surface area contributed by atoms with Gasteiger partial charge in [-0.1, -0.05) is 33.8 Å². The Balaban J connectivity index is 1.44. The van der Waals surface area contributed by atoms with Gasteiger partial charge in [-0.05, 0) is 52.8 Å². The minimum Gasteiger partial charge on any atom is -0.454 e. The number of carbonyl (C=O) groups excluding carboxylic acids is 4. The summed E-state index contributed by atoms with van der Waals surface area (Å²) in [4.78, 5) is 54.7. The molecule has 2 aromatic rings. The summed E-state index contributed by atoms with van der Waals surface area (Å²) >= 11 is 0. The third-order valence-corrected chi connectivity index (χ3v) is 8.29. The number of rotatable bonds is 6. The molecule has 37 heavy (non-hydrogen) atoms. The lowest BCUT2D eigenvalue weighted by Crippen LogP contribution is -2.46. The molecule has 5 rings (SSSR count). The Bertz CT molecular complexity index is 1290. The SMILES string of the molecule is CC(=O)Nc1ccc(N2C(=O)CC(N(Cc3ccc4c(c3)OCO4)C(=O)C3C(C)(C)C3(C)C)C2=O)cc1. The maximum atomic E-state index is 14.0. The first kappa shape index (κ1) is 24.8. The molecule has 3 aliphatic rings. The molecule has 2 heterocycles. The highest BCUT2D eigenvalue weighted by molar-refractivity contribution is 6.23. The van der Waals surface area contributed by atoms with Crippen LogP contribution in [-0.2, 0) is 25.7 Å². The number of hydrogen-bond acceptors (Lipinski definition) is 6. The summed E-state index contributed by atoms with van der Waals surface area (Å²) in [7, 11) is 0. The second-order valence-electron chi connectivity index (χ2n) is 11.0. The van der Waals surface area contributed by atoms with Crippen LogP contribution in [0.1, 0.15) is 46.6 Å². The van der Waals surface area contributed by atoms with Crippen LogP contribution in [0.5, 0.6) is 11.5 Å². The number of amides is 4. The van der Waals surface area contributed by atoms with Gasteiger partial charge in [0.1, 0.15) is 6.04 Å². The van der Waals surface area contributed by atoms with Crippen molar-refractivity contribution in [2.24, 2.45) is 16.7 Å². The largest absolute Gasteiger partial charge is 0.454 e. The van der Waals surface area contributed by atoms with Crippen molar-refractivity contribution in [3.8, 4) is 11.5 Å². The Morgan fingerprint density at radius 1 is 1.00 bits per heavy atom. The summed E-state index contributed by atoms with van der Waals surface area (Å²) < 4.78 is 10.9. The van der Waals surface area contributed by atoms with E-state index in [9.17, 15) is 19.2 Å². The van der Waals surface area contributed by atoms with Crippen molar-refractivity contribution in [1.29, 1.82) is 0 Å². The predicted molar refractivity (Wildman–Crippen MR) is 136 cm³/mol. The number of fused-ring (bicyclic) bond motifs is 1. The molecular weight excluding hydrogens is 474 g/mol. The first-order valence-corrected chi connectivity index (χ1v) is 12.4. The van der Waals surface area contributed by atoms with Crippen LogP contribution in [0.2, 0.25) is 0 Å². The number of nitrogens with one attached hydrogen (secondary N) is 1. The van der Waals surface area contributed by atoms with E-state index in [1.54, 1.807) is 35.2 Å². The van der Waals surface area contributed by atoms with E-state index in [-0.39, 0.29) is 54.2 Å². The Morgan fingerprint density at radius 3 is 2.27 bits per heavy atom. The Labute approximate surface area is 215 Å². The Hall–Kier alpha value is -3.88. The fourth-order valence-electron chi connectivity index (χ4n) is 5.59. The number of imide groups is 1. The van der Waals surface area contributed by atoms with Crippen molar-refractivity contribution in [1.82, 2.24) is 4.90 Å². The normalized spacial score (nSPS) is 21.2. The topological polar surface area (TPSA) is 105 Å². The molecule has 2 aliphatic heterocycles. The van der Waals surface area contributed by atoms with Gasteiger partial charge in [0, 0.05) is 25.1 Å². The van der Waals surface area contributed by atoms with Crippen molar-refractivity contribution < 1.29 is 28.7 Å². The van der Waals surface area contributed by atoms with Crippen LogP contribution in [0.4, 0.5) is 11.4 Å². The van der Waals surface area contributed by atoms with Gasteiger partial charge in [0.2, 0.25) is 24.5 Å². The van der Waals surface area contributed by atoms with E-state index in [0.29, 0.717) is 22.9 Å². The minimum absolute atomic E-state index is 0.101. The van der Waals surface area contributed by atoms with Crippen LogP contribution in [0, 0.1) is 16.7 Å². The van der Waals surface area contributed by atoms with Gasteiger partial charge in [-0.25, -0.2) is 4.90 Å². The fraction of sp³-hybridized carbons (Fsp3) is 0.429. The quantitative estimate of drug-likeness (QED) is 0.600. The molecule has 9 nitrogen and oxygen atoms in total. The summed E-state index contributed by atoms with van der Waals surface area (Å²) in [6, 6.07) is 11.0. The second-order valence-corrected chi connectivity index (χ2v) is 11.0. The maximum absolute atomic E-state index is 14.0. The minimum atomic E-state index is -0.923. The van der Waals surface area contributed by atoms with E-state index in [2.05, 4.69) is 33.0 Å². The molecule has 194 valence electrons. The summed E-state index contributed by atoms with van der Waals surface area (Å²) in [5, 5.41) is 2.67. The van der Waals surface area contributed by atoms with E-state index in [1.807, 2.05) is 12.1 Å². The lowest BCUT2D eigenvalue weighted by Gasteiger charge is -2.29. The molecule has 0 aromatic heterocycles. The first-order chi connectivity index (χ1) is 17.4.